The fraction of sp³-hybridized carbons (Fsp3) is 0.273. The minimum atomic E-state index is -1.40. The van der Waals surface area contributed by atoms with Crippen molar-refractivity contribution in [3.8, 4) is 11.5 Å². The summed E-state index contributed by atoms with van der Waals surface area (Å²) < 4.78 is 10.2. The van der Waals surface area contributed by atoms with Crippen LogP contribution in [0.3, 0.4) is 0 Å². The van der Waals surface area contributed by atoms with Gasteiger partial charge in [0.15, 0.2) is 11.5 Å². The average molecular weight is 256 g/mol. The van der Waals surface area contributed by atoms with Crippen LogP contribution in [0.4, 0.5) is 0 Å². The van der Waals surface area contributed by atoms with Crippen molar-refractivity contribution >= 4 is 23.4 Å². The molecule has 1 aromatic carbocycles. The van der Waals surface area contributed by atoms with E-state index in [0.717, 1.165) is 0 Å². The first kappa shape index (κ1) is 11.7. The van der Waals surface area contributed by atoms with E-state index in [1.54, 1.807) is 12.1 Å². The average Bonchev–Trinajstić information content (AvgIpc) is 2.63. The van der Waals surface area contributed by atoms with Gasteiger partial charge in [-0.15, -0.1) is 0 Å². The van der Waals surface area contributed by atoms with E-state index >= 15 is 0 Å². The number of Topliss-reactive ketones (excluding diaryl/α,β-unsaturated/α-hetero) is 1. The van der Waals surface area contributed by atoms with Crippen molar-refractivity contribution in [1.29, 1.82) is 0 Å². The van der Waals surface area contributed by atoms with Gasteiger partial charge >= 0.3 is 0 Å². The zero-order valence-electron chi connectivity index (χ0n) is 8.70. The Morgan fingerprint density at radius 1 is 1.29 bits per heavy atom. The quantitative estimate of drug-likeness (QED) is 0.725. The van der Waals surface area contributed by atoms with Gasteiger partial charge in [-0.25, -0.2) is 0 Å². The van der Waals surface area contributed by atoms with Crippen molar-refractivity contribution in [2.24, 2.45) is 0 Å². The van der Waals surface area contributed by atoms with E-state index in [4.69, 9.17) is 21.1 Å². The van der Waals surface area contributed by atoms with E-state index in [2.05, 4.69) is 0 Å². The SMILES string of the molecule is O=C([O-])CC(=O)Cc1cc2c(cc1Cl)OCO2. The largest absolute Gasteiger partial charge is 0.550 e. The van der Waals surface area contributed by atoms with Gasteiger partial charge in [-0.3, -0.25) is 4.79 Å². The Balaban J connectivity index is 2.16. The summed E-state index contributed by atoms with van der Waals surface area (Å²) in [6.45, 7) is 0.113. The Kier molecular flexibility index (Phi) is 3.19. The van der Waals surface area contributed by atoms with Crippen molar-refractivity contribution in [2.45, 2.75) is 12.8 Å². The third-order valence-corrected chi connectivity index (χ3v) is 2.62. The van der Waals surface area contributed by atoms with Gasteiger partial charge in [0.25, 0.3) is 0 Å². The summed E-state index contributed by atoms with van der Waals surface area (Å²) >= 11 is 5.94. The Bertz CT molecular complexity index is 483. The number of ketones is 1. The van der Waals surface area contributed by atoms with Crippen LogP contribution < -0.4 is 14.6 Å². The van der Waals surface area contributed by atoms with Gasteiger partial charge < -0.3 is 19.4 Å². The molecule has 0 radical (unpaired) electrons. The summed E-state index contributed by atoms with van der Waals surface area (Å²) in [7, 11) is 0. The summed E-state index contributed by atoms with van der Waals surface area (Å²) in [5.74, 6) is -0.839. The maximum absolute atomic E-state index is 11.3. The smallest absolute Gasteiger partial charge is 0.231 e. The number of benzene rings is 1. The van der Waals surface area contributed by atoms with Crippen LogP contribution >= 0.6 is 11.6 Å². The zero-order chi connectivity index (χ0) is 12.4. The Morgan fingerprint density at radius 2 is 1.94 bits per heavy atom. The topological polar surface area (TPSA) is 75.7 Å². The second-order valence-corrected chi connectivity index (χ2v) is 3.97. The van der Waals surface area contributed by atoms with Gasteiger partial charge in [0, 0.05) is 29.9 Å². The van der Waals surface area contributed by atoms with Gasteiger partial charge in [0.05, 0.1) is 0 Å². The molecule has 5 nitrogen and oxygen atoms in total. The Morgan fingerprint density at radius 3 is 2.59 bits per heavy atom. The lowest BCUT2D eigenvalue weighted by Gasteiger charge is -2.06. The van der Waals surface area contributed by atoms with E-state index in [-0.39, 0.29) is 13.2 Å². The van der Waals surface area contributed by atoms with Crippen LogP contribution in [-0.2, 0) is 16.0 Å². The van der Waals surface area contributed by atoms with Gasteiger partial charge in [-0.2, -0.15) is 0 Å². The summed E-state index contributed by atoms with van der Waals surface area (Å²) in [4.78, 5) is 21.6. The maximum atomic E-state index is 11.3. The predicted octanol–water partition coefficient (Wildman–Crippen LogP) is 0.320. The molecular formula is C11H8ClO5-. The Hall–Kier alpha value is -1.75. The number of carbonyl (C=O) groups excluding carboxylic acids is 2. The van der Waals surface area contributed by atoms with Gasteiger partial charge in [-0.05, 0) is 11.6 Å². The highest BCUT2D eigenvalue weighted by atomic mass is 35.5. The predicted molar refractivity (Wildman–Crippen MR) is 55.9 cm³/mol. The highest BCUT2D eigenvalue weighted by molar-refractivity contribution is 6.31. The van der Waals surface area contributed by atoms with E-state index < -0.39 is 18.2 Å². The molecule has 0 atom stereocenters. The van der Waals surface area contributed by atoms with E-state index in [1.807, 2.05) is 0 Å². The fourth-order valence-electron chi connectivity index (χ4n) is 1.53. The number of carboxylic acid groups (broad SMARTS) is 1. The van der Waals surface area contributed by atoms with Crippen molar-refractivity contribution in [3.05, 3.63) is 22.7 Å². The molecule has 0 aliphatic carbocycles. The number of aliphatic carboxylic acids is 1. The summed E-state index contributed by atoms with van der Waals surface area (Å²) in [5.41, 5.74) is 0.516. The molecule has 1 aliphatic heterocycles. The van der Waals surface area contributed by atoms with E-state index in [9.17, 15) is 14.7 Å². The highest BCUT2D eigenvalue weighted by Gasteiger charge is 2.17. The molecule has 1 heterocycles. The molecule has 0 aromatic heterocycles. The first-order valence-corrected chi connectivity index (χ1v) is 5.23. The lowest BCUT2D eigenvalue weighted by molar-refractivity contribution is -0.304. The number of hydrogen-bond acceptors (Lipinski definition) is 5. The molecule has 0 amide bonds. The molecule has 1 aromatic rings. The monoisotopic (exact) mass is 255 g/mol. The molecule has 0 spiro atoms. The third kappa shape index (κ3) is 2.68. The van der Waals surface area contributed by atoms with E-state index in [1.165, 1.54) is 0 Å². The maximum Gasteiger partial charge on any atom is 0.231 e. The lowest BCUT2D eigenvalue weighted by atomic mass is 10.1. The fourth-order valence-corrected chi connectivity index (χ4v) is 1.75. The highest BCUT2D eigenvalue weighted by Crippen LogP contribution is 2.36. The minimum absolute atomic E-state index is 0.0660. The number of rotatable bonds is 4. The molecule has 0 saturated carbocycles. The number of carboxylic acids is 1. The van der Waals surface area contributed by atoms with E-state index in [0.29, 0.717) is 22.1 Å². The van der Waals surface area contributed by atoms with Crippen molar-refractivity contribution in [1.82, 2.24) is 0 Å². The molecule has 0 unspecified atom stereocenters. The van der Waals surface area contributed by atoms with Crippen molar-refractivity contribution in [2.75, 3.05) is 6.79 Å². The molecule has 0 N–H and O–H groups in total. The second kappa shape index (κ2) is 4.63. The molecule has 2 rings (SSSR count). The van der Waals surface area contributed by atoms with Crippen LogP contribution in [0.25, 0.3) is 0 Å². The number of halogens is 1. The molecule has 0 bridgehead atoms. The standard InChI is InChI=1S/C11H9ClO5/c12-8-4-10-9(16-5-17-10)2-6(8)1-7(13)3-11(14)15/h2,4H,1,3,5H2,(H,14,15)/p-1. The molecule has 17 heavy (non-hydrogen) atoms. The molecule has 1 aliphatic rings. The van der Waals surface area contributed by atoms with Crippen LogP contribution in [0.2, 0.25) is 5.02 Å². The normalized spacial score (nSPS) is 12.5. The first-order chi connectivity index (χ1) is 8.06. The molecular weight excluding hydrogens is 248 g/mol. The Labute approximate surface area is 102 Å². The van der Waals surface area contributed by atoms with Gasteiger partial charge in [-0.1, -0.05) is 11.6 Å². The zero-order valence-corrected chi connectivity index (χ0v) is 9.45. The van der Waals surface area contributed by atoms with Crippen LogP contribution in [-0.4, -0.2) is 18.5 Å². The molecule has 6 heteroatoms. The van der Waals surface area contributed by atoms with Gasteiger partial charge in [0.2, 0.25) is 6.79 Å². The van der Waals surface area contributed by atoms with Crippen LogP contribution in [0, 0.1) is 0 Å². The minimum Gasteiger partial charge on any atom is -0.550 e. The number of fused-ring (bicyclic) bond motifs is 1. The first-order valence-electron chi connectivity index (χ1n) is 4.86. The molecule has 90 valence electrons. The van der Waals surface area contributed by atoms with Crippen molar-refractivity contribution < 1.29 is 24.2 Å². The van der Waals surface area contributed by atoms with Gasteiger partial charge in [0.1, 0.15) is 5.78 Å². The second-order valence-electron chi connectivity index (χ2n) is 3.56. The lowest BCUT2D eigenvalue weighted by Crippen LogP contribution is -2.25. The van der Waals surface area contributed by atoms with Crippen molar-refractivity contribution in [3.63, 3.8) is 0 Å². The number of hydrogen-bond donors (Lipinski definition) is 0. The third-order valence-electron chi connectivity index (χ3n) is 2.27. The number of carbonyl (C=O) groups is 2. The number of ether oxygens (including phenoxy) is 2. The van der Waals surface area contributed by atoms with Crippen LogP contribution in [0.1, 0.15) is 12.0 Å². The summed E-state index contributed by atoms with van der Waals surface area (Å²) in [6.07, 6.45) is -0.686. The molecule has 0 fully saturated rings. The summed E-state index contributed by atoms with van der Waals surface area (Å²) in [5, 5.41) is 10.6. The molecule has 0 saturated heterocycles. The van der Waals surface area contributed by atoms with Crippen LogP contribution in [0.5, 0.6) is 11.5 Å². The summed E-state index contributed by atoms with van der Waals surface area (Å²) in [6, 6.07) is 3.13. The van der Waals surface area contributed by atoms with Crippen LogP contribution in [0.15, 0.2) is 12.1 Å².